The predicted molar refractivity (Wildman–Crippen MR) is 65.7 cm³/mol. The van der Waals surface area contributed by atoms with Gasteiger partial charge in [-0.1, -0.05) is 32.4 Å². The molecule has 0 fully saturated rings. The van der Waals surface area contributed by atoms with Crippen molar-refractivity contribution in [1.29, 1.82) is 0 Å². The molecule has 90 valence electrons. The first-order chi connectivity index (χ1) is 7.34. The summed E-state index contributed by atoms with van der Waals surface area (Å²) in [5, 5.41) is 4.77. The van der Waals surface area contributed by atoms with Gasteiger partial charge in [-0.25, -0.2) is 0 Å². The van der Waals surface area contributed by atoms with Crippen LogP contribution in [0.15, 0.2) is 0 Å². The summed E-state index contributed by atoms with van der Waals surface area (Å²) < 4.78 is 1.61. The number of carbonyl (C=O) groups excluding carboxylic acids is 1. The average Bonchev–Trinajstić information content (AvgIpc) is 2.43. The van der Waals surface area contributed by atoms with Crippen LogP contribution in [0.5, 0.6) is 0 Å². The summed E-state index contributed by atoms with van der Waals surface area (Å²) >= 11 is 6.09. The predicted octanol–water partition coefficient (Wildman–Crippen LogP) is 2.79. The van der Waals surface area contributed by atoms with Gasteiger partial charge < -0.3 is 0 Å². The molecule has 1 aromatic heterocycles. The lowest BCUT2D eigenvalue weighted by molar-refractivity contribution is -0.122. The monoisotopic (exact) mass is 242 g/mol. The quantitative estimate of drug-likeness (QED) is 0.814. The van der Waals surface area contributed by atoms with Gasteiger partial charge in [-0.15, -0.1) is 0 Å². The molecule has 3 nitrogen and oxygen atoms in total. The van der Waals surface area contributed by atoms with E-state index in [2.05, 4.69) is 18.9 Å². The summed E-state index contributed by atoms with van der Waals surface area (Å²) in [6, 6.07) is 0. The number of hydrogen-bond acceptors (Lipinski definition) is 2. The third-order valence-corrected chi connectivity index (χ3v) is 3.60. The minimum Gasteiger partial charge on any atom is -0.299 e. The maximum Gasteiger partial charge on any atom is 0.140 e. The molecule has 0 aliphatic heterocycles. The molecule has 0 aliphatic carbocycles. The van der Waals surface area contributed by atoms with Crippen LogP contribution in [-0.2, 0) is 18.3 Å². The van der Waals surface area contributed by atoms with Crippen molar-refractivity contribution < 1.29 is 4.79 Å². The van der Waals surface area contributed by atoms with E-state index in [1.807, 2.05) is 13.8 Å². The van der Waals surface area contributed by atoms with Crippen molar-refractivity contribution in [3.8, 4) is 0 Å². The van der Waals surface area contributed by atoms with Gasteiger partial charge in [0.05, 0.1) is 5.69 Å². The third kappa shape index (κ3) is 2.64. The van der Waals surface area contributed by atoms with Crippen LogP contribution in [0.25, 0.3) is 0 Å². The average molecular weight is 243 g/mol. The number of rotatable bonds is 4. The van der Waals surface area contributed by atoms with E-state index in [4.69, 9.17) is 11.6 Å². The molecule has 1 rings (SSSR count). The molecule has 0 aliphatic rings. The molecular formula is C12H19ClN2O. The second-order valence-corrected chi connectivity index (χ2v) is 5.01. The van der Waals surface area contributed by atoms with Crippen LogP contribution in [0, 0.1) is 18.8 Å². The van der Waals surface area contributed by atoms with Gasteiger partial charge in [0.2, 0.25) is 0 Å². The summed E-state index contributed by atoms with van der Waals surface area (Å²) in [5.74, 6) is 0.659. The standard InChI is InChI=1S/C12H19ClN2O/c1-7(2)8(3)11(16)6-10-9(4)14-15(5)12(10)13/h7-8H,6H2,1-5H3. The minimum absolute atomic E-state index is 0.0654. The molecule has 0 bridgehead atoms. The van der Waals surface area contributed by atoms with Crippen molar-refractivity contribution in [3.05, 3.63) is 16.4 Å². The lowest BCUT2D eigenvalue weighted by atomic mass is 9.90. The lowest BCUT2D eigenvalue weighted by Crippen LogP contribution is -2.19. The molecular weight excluding hydrogens is 224 g/mol. The molecule has 0 radical (unpaired) electrons. The van der Waals surface area contributed by atoms with Crippen LogP contribution in [0.1, 0.15) is 32.0 Å². The Kier molecular flexibility index (Phi) is 4.14. The van der Waals surface area contributed by atoms with Crippen molar-refractivity contribution in [2.75, 3.05) is 0 Å². The van der Waals surface area contributed by atoms with E-state index in [0.717, 1.165) is 11.3 Å². The maximum absolute atomic E-state index is 12.0. The highest BCUT2D eigenvalue weighted by molar-refractivity contribution is 6.30. The van der Waals surface area contributed by atoms with Gasteiger partial charge in [0.1, 0.15) is 10.9 Å². The van der Waals surface area contributed by atoms with Gasteiger partial charge in [0, 0.05) is 24.9 Å². The van der Waals surface area contributed by atoms with Gasteiger partial charge in [0.25, 0.3) is 0 Å². The van der Waals surface area contributed by atoms with Crippen molar-refractivity contribution in [1.82, 2.24) is 9.78 Å². The zero-order valence-electron chi connectivity index (χ0n) is 10.5. The normalized spacial score (nSPS) is 13.2. The summed E-state index contributed by atoms with van der Waals surface area (Å²) in [5.41, 5.74) is 1.71. The molecule has 0 spiro atoms. The molecule has 4 heteroatoms. The fourth-order valence-electron chi connectivity index (χ4n) is 1.58. The van der Waals surface area contributed by atoms with Crippen LogP contribution in [-0.4, -0.2) is 15.6 Å². The van der Waals surface area contributed by atoms with E-state index in [-0.39, 0.29) is 11.7 Å². The largest absolute Gasteiger partial charge is 0.299 e. The Bertz CT molecular complexity index is 396. The minimum atomic E-state index is 0.0654. The fraction of sp³-hybridized carbons (Fsp3) is 0.667. The number of aromatic nitrogens is 2. The van der Waals surface area contributed by atoms with Crippen molar-refractivity contribution in [3.63, 3.8) is 0 Å². The van der Waals surface area contributed by atoms with Crippen molar-refractivity contribution in [2.45, 2.75) is 34.1 Å². The van der Waals surface area contributed by atoms with Crippen molar-refractivity contribution in [2.24, 2.45) is 18.9 Å². The lowest BCUT2D eigenvalue weighted by Gasteiger charge is -2.13. The first kappa shape index (κ1) is 13.2. The maximum atomic E-state index is 12.0. The second-order valence-electron chi connectivity index (χ2n) is 4.65. The van der Waals surface area contributed by atoms with Crippen LogP contribution in [0.4, 0.5) is 0 Å². The molecule has 1 heterocycles. The highest BCUT2D eigenvalue weighted by Crippen LogP contribution is 2.22. The first-order valence-electron chi connectivity index (χ1n) is 5.55. The second kappa shape index (κ2) is 5.00. The summed E-state index contributed by atoms with van der Waals surface area (Å²) in [7, 11) is 1.79. The van der Waals surface area contributed by atoms with E-state index in [0.29, 0.717) is 17.5 Å². The molecule has 0 N–H and O–H groups in total. The van der Waals surface area contributed by atoms with Crippen LogP contribution >= 0.6 is 11.6 Å². The number of aryl methyl sites for hydroxylation is 2. The zero-order chi connectivity index (χ0) is 12.5. The van der Waals surface area contributed by atoms with E-state index in [1.54, 1.807) is 11.7 Å². The van der Waals surface area contributed by atoms with E-state index in [9.17, 15) is 4.79 Å². The number of halogens is 1. The van der Waals surface area contributed by atoms with Gasteiger partial charge in [-0.2, -0.15) is 5.10 Å². The molecule has 1 atom stereocenters. The van der Waals surface area contributed by atoms with Gasteiger partial charge in [-0.3, -0.25) is 9.48 Å². The van der Waals surface area contributed by atoms with Gasteiger partial charge in [0.15, 0.2) is 0 Å². The Morgan fingerprint density at radius 1 is 1.44 bits per heavy atom. The van der Waals surface area contributed by atoms with Gasteiger partial charge >= 0.3 is 0 Å². The smallest absolute Gasteiger partial charge is 0.140 e. The third-order valence-electron chi connectivity index (χ3n) is 3.13. The number of carbonyl (C=O) groups is 1. The number of hydrogen-bond donors (Lipinski definition) is 0. The van der Waals surface area contributed by atoms with E-state index >= 15 is 0 Å². The van der Waals surface area contributed by atoms with E-state index in [1.165, 1.54) is 0 Å². The van der Waals surface area contributed by atoms with Crippen LogP contribution in [0.2, 0.25) is 5.15 Å². The SMILES string of the molecule is Cc1nn(C)c(Cl)c1CC(=O)C(C)C(C)C. The summed E-state index contributed by atoms with van der Waals surface area (Å²) in [4.78, 5) is 12.0. The summed E-state index contributed by atoms with van der Waals surface area (Å²) in [6.45, 7) is 7.96. The first-order valence-corrected chi connectivity index (χ1v) is 5.93. The Balaban J connectivity index is 2.85. The van der Waals surface area contributed by atoms with Crippen molar-refractivity contribution >= 4 is 17.4 Å². The molecule has 16 heavy (non-hydrogen) atoms. The Morgan fingerprint density at radius 3 is 2.38 bits per heavy atom. The van der Waals surface area contributed by atoms with Gasteiger partial charge in [-0.05, 0) is 12.8 Å². The molecule has 0 amide bonds. The van der Waals surface area contributed by atoms with Crippen LogP contribution < -0.4 is 0 Å². The summed E-state index contributed by atoms with van der Waals surface area (Å²) in [6.07, 6.45) is 0.387. The Morgan fingerprint density at radius 2 is 2.00 bits per heavy atom. The van der Waals surface area contributed by atoms with E-state index < -0.39 is 0 Å². The number of ketones is 1. The Labute approximate surface area is 102 Å². The Hall–Kier alpha value is -0.830. The van der Waals surface area contributed by atoms with Crippen LogP contribution in [0.3, 0.4) is 0 Å². The fourth-order valence-corrected chi connectivity index (χ4v) is 1.82. The highest BCUT2D eigenvalue weighted by atomic mass is 35.5. The number of Topliss-reactive ketones (excluding diaryl/α,β-unsaturated/α-hetero) is 1. The molecule has 1 aromatic rings. The molecule has 0 aromatic carbocycles. The number of nitrogens with zero attached hydrogens (tertiary/aromatic N) is 2. The molecule has 0 saturated carbocycles. The zero-order valence-corrected chi connectivity index (χ0v) is 11.3. The molecule has 0 saturated heterocycles. The highest BCUT2D eigenvalue weighted by Gasteiger charge is 2.20. The molecule has 1 unspecified atom stereocenters. The topological polar surface area (TPSA) is 34.9 Å².